The lowest BCUT2D eigenvalue weighted by Crippen LogP contribution is -2.17. The highest BCUT2D eigenvalue weighted by atomic mass is 32.2. The molecule has 0 spiro atoms. The van der Waals surface area contributed by atoms with Crippen LogP contribution in [0.1, 0.15) is 5.56 Å². The summed E-state index contributed by atoms with van der Waals surface area (Å²) in [6.07, 6.45) is 3.41. The van der Waals surface area contributed by atoms with E-state index in [4.69, 9.17) is 5.11 Å². The Balaban J connectivity index is 2.09. The molecule has 0 bridgehead atoms. The van der Waals surface area contributed by atoms with Gasteiger partial charge in [-0.2, -0.15) is 0 Å². The molecule has 0 saturated heterocycles. The van der Waals surface area contributed by atoms with Gasteiger partial charge in [-0.25, -0.2) is 4.79 Å². The molecule has 6 heteroatoms. The van der Waals surface area contributed by atoms with E-state index in [0.717, 1.165) is 5.04 Å². The van der Waals surface area contributed by atoms with Crippen LogP contribution in [0.5, 0.6) is 5.75 Å². The first-order chi connectivity index (χ1) is 7.66. The summed E-state index contributed by atoms with van der Waals surface area (Å²) < 4.78 is 0. The molecule has 1 aromatic rings. The van der Waals surface area contributed by atoms with Gasteiger partial charge in [0.2, 0.25) is 0 Å². The quantitative estimate of drug-likeness (QED) is 0.818. The maximum absolute atomic E-state index is 10.7. The van der Waals surface area contributed by atoms with E-state index in [2.05, 4.69) is 9.98 Å². The molecule has 0 saturated carbocycles. The van der Waals surface area contributed by atoms with Crippen molar-refractivity contribution >= 4 is 22.8 Å². The second-order valence-electron chi connectivity index (χ2n) is 3.37. The minimum Gasteiger partial charge on any atom is -0.506 e. The van der Waals surface area contributed by atoms with Crippen LogP contribution in [0.15, 0.2) is 23.5 Å². The molecule has 1 aliphatic rings. The second-order valence-corrected chi connectivity index (χ2v) is 4.46. The number of aromatic hydroxyl groups is 1. The van der Waals surface area contributed by atoms with E-state index < -0.39 is 12.0 Å². The largest absolute Gasteiger partial charge is 0.506 e. The summed E-state index contributed by atoms with van der Waals surface area (Å²) in [7, 11) is 0. The molecule has 0 unspecified atom stereocenters. The van der Waals surface area contributed by atoms with Gasteiger partial charge in [0, 0.05) is 23.9 Å². The van der Waals surface area contributed by atoms with Crippen molar-refractivity contribution in [3.63, 3.8) is 0 Å². The van der Waals surface area contributed by atoms with Crippen molar-refractivity contribution in [1.82, 2.24) is 4.98 Å². The Kier molecular flexibility index (Phi) is 3.09. The monoisotopic (exact) mass is 238 g/mol. The Bertz CT molecular complexity index is 447. The summed E-state index contributed by atoms with van der Waals surface area (Å²) in [5, 5.41) is 19.0. The zero-order chi connectivity index (χ0) is 11.5. The Morgan fingerprint density at radius 3 is 3.06 bits per heavy atom. The third-order valence-electron chi connectivity index (χ3n) is 2.22. The van der Waals surface area contributed by atoms with E-state index in [-0.39, 0.29) is 5.75 Å². The second kappa shape index (κ2) is 4.52. The third kappa shape index (κ3) is 2.33. The summed E-state index contributed by atoms with van der Waals surface area (Å²) in [4.78, 5) is 18.5. The molecule has 1 aliphatic heterocycles. The van der Waals surface area contributed by atoms with Crippen molar-refractivity contribution in [3.8, 4) is 5.75 Å². The number of carboxylic acid groups (broad SMARTS) is 1. The molecule has 0 fully saturated rings. The van der Waals surface area contributed by atoms with Gasteiger partial charge < -0.3 is 10.2 Å². The van der Waals surface area contributed by atoms with Crippen molar-refractivity contribution < 1.29 is 15.0 Å². The maximum atomic E-state index is 10.7. The average molecular weight is 238 g/mol. The number of thioether (sulfide) groups is 1. The van der Waals surface area contributed by atoms with Crippen molar-refractivity contribution in [2.24, 2.45) is 4.99 Å². The van der Waals surface area contributed by atoms with Crippen LogP contribution in [0.2, 0.25) is 0 Å². The fourth-order valence-corrected chi connectivity index (χ4v) is 2.40. The van der Waals surface area contributed by atoms with Crippen LogP contribution in [0.3, 0.4) is 0 Å². The summed E-state index contributed by atoms with van der Waals surface area (Å²) in [5.74, 6) is -0.317. The number of nitrogens with zero attached hydrogens (tertiary/aromatic N) is 2. The highest BCUT2D eigenvalue weighted by Crippen LogP contribution is 2.24. The minimum absolute atomic E-state index is 0.115. The van der Waals surface area contributed by atoms with Crippen LogP contribution in [-0.2, 0) is 11.2 Å². The number of carboxylic acids is 1. The van der Waals surface area contributed by atoms with Crippen LogP contribution in [0.25, 0.3) is 0 Å². The van der Waals surface area contributed by atoms with E-state index in [1.807, 2.05) is 0 Å². The zero-order valence-corrected chi connectivity index (χ0v) is 9.15. The summed E-state index contributed by atoms with van der Waals surface area (Å²) in [6.45, 7) is 0. The molecule has 2 rings (SSSR count). The number of aliphatic carboxylic acids is 1. The predicted molar refractivity (Wildman–Crippen MR) is 60.9 cm³/mol. The normalized spacial score (nSPS) is 19.5. The number of aromatic nitrogens is 1. The third-order valence-corrected chi connectivity index (χ3v) is 3.29. The fraction of sp³-hybridized carbons (Fsp3) is 0.300. The molecule has 0 amide bonds. The maximum Gasteiger partial charge on any atom is 0.329 e. The topological polar surface area (TPSA) is 82.8 Å². The molecule has 16 heavy (non-hydrogen) atoms. The van der Waals surface area contributed by atoms with Crippen molar-refractivity contribution in [2.45, 2.75) is 12.5 Å². The summed E-state index contributed by atoms with van der Waals surface area (Å²) >= 11 is 1.42. The van der Waals surface area contributed by atoms with E-state index in [9.17, 15) is 9.90 Å². The van der Waals surface area contributed by atoms with Crippen LogP contribution >= 0.6 is 11.8 Å². The standard InChI is InChI=1S/C10H10N2O3S/c13-8-4-11-2-1-6(8)3-9-12-7(5-16-9)10(14)15/h1-2,4,7,13H,3,5H2,(H,14,15)/t7-/m0/s1. The van der Waals surface area contributed by atoms with E-state index >= 15 is 0 Å². The van der Waals surface area contributed by atoms with Crippen LogP contribution in [0.4, 0.5) is 0 Å². The first-order valence-electron chi connectivity index (χ1n) is 4.71. The lowest BCUT2D eigenvalue weighted by atomic mass is 10.2. The van der Waals surface area contributed by atoms with Gasteiger partial charge in [0.15, 0.2) is 6.04 Å². The molecule has 2 heterocycles. The summed E-state index contributed by atoms with van der Waals surface area (Å²) in [5.41, 5.74) is 0.715. The first kappa shape index (κ1) is 10.9. The molecule has 84 valence electrons. The van der Waals surface area contributed by atoms with Crippen molar-refractivity contribution in [1.29, 1.82) is 0 Å². The molecule has 1 aromatic heterocycles. The molecule has 5 nitrogen and oxygen atoms in total. The highest BCUT2D eigenvalue weighted by molar-refractivity contribution is 8.14. The van der Waals surface area contributed by atoms with Crippen LogP contribution < -0.4 is 0 Å². The van der Waals surface area contributed by atoms with Gasteiger partial charge in [0.1, 0.15) is 5.75 Å². The predicted octanol–water partition coefficient (Wildman–Crippen LogP) is 0.928. The van der Waals surface area contributed by atoms with Gasteiger partial charge >= 0.3 is 5.97 Å². The van der Waals surface area contributed by atoms with Gasteiger partial charge in [0.25, 0.3) is 0 Å². The van der Waals surface area contributed by atoms with Crippen molar-refractivity contribution in [3.05, 3.63) is 24.0 Å². The van der Waals surface area contributed by atoms with Gasteiger partial charge in [0.05, 0.1) is 11.2 Å². The van der Waals surface area contributed by atoms with Gasteiger partial charge in [-0.15, -0.1) is 11.8 Å². The molecular formula is C10H10N2O3S. The lowest BCUT2D eigenvalue weighted by Gasteiger charge is -2.02. The molecule has 1 atom stereocenters. The van der Waals surface area contributed by atoms with Gasteiger partial charge in [-0.3, -0.25) is 9.98 Å². The van der Waals surface area contributed by atoms with Gasteiger partial charge in [-0.1, -0.05) is 0 Å². The van der Waals surface area contributed by atoms with E-state index in [1.165, 1.54) is 18.0 Å². The molecule has 2 N–H and O–H groups in total. The SMILES string of the molecule is O=C(O)[C@@H]1CSC(Cc2ccncc2O)=N1. The average Bonchev–Trinajstić information content (AvgIpc) is 2.70. The lowest BCUT2D eigenvalue weighted by molar-refractivity contribution is -0.137. The Hall–Kier alpha value is -1.56. The summed E-state index contributed by atoms with van der Waals surface area (Å²) in [6, 6.07) is 1.05. The molecule has 0 radical (unpaired) electrons. The zero-order valence-electron chi connectivity index (χ0n) is 8.33. The highest BCUT2D eigenvalue weighted by Gasteiger charge is 2.24. The van der Waals surface area contributed by atoms with E-state index in [0.29, 0.717) is 17.7 Å². The molecule has 0 aliphatic carbocycles. The number of aliphatic imine (C=N–C) groups is 1. The number of hydrogen-bond donors (Lipinski definition) is 2. The van der Waals surface area contributed by atoms with E-state index in [1.54, 1.807) is 12.3 Å². The molecular weight excluding hydrogens is 228 g/mol. The first-order valence-corrected chi connectivity index (χ1v) is 5.69. The Morgan fingerprint density at radius 1 is 1.62 bits per heavy atom. The Labute approximate surface area is 96.2 Å². The minimum atomic E-state index is -0.901. The molecule has 0 aromatic carbocycles. The van der Waals surface area contributed by atoms with Crippen LogP contribution in [0, 0.1) is 0 Å². The van der Waals surface area contributed by atoms with Crippen LogP contribution in [-0.4, -0.2) is 38.0 Å². The number of rotatable bonds is 3. The Morgan fingerprint density at radius 2 is 2.44 bits per heavy atom. The smallest absolute Gasteiger partial charge is 0.329 e. The van der Waals surface area contributed by atoms with Gasteiger partial charge in [-0.05, 0) is 6.07 Å². The fourth-order valence-electron chi connectivity index (χ4n) is 1.37. The number of carbonyl (C=O) groups is 1. The number of hydrogen-bond acceptors (Lipinski definition) is 5. The number of pyridine rings is 1. The van der Waals surface area contributed by atoms with Crippen molar-refractivity contribution in [2.75, 3.05) is 5.75 Å².